The maximum Gasteiger partial charge on any atom is 0.0462 e. The van der Waals surface area contributed by atoms with E-state index >= 15 is 0 Å². The van der Waals surface area contributed by atoms with Crippen molar-refractivity contribution < 1.29 is 4.74 Å². The minimum Gasteiger partial charge on any atom is -0.385 e. The maximum absolute atomic E-state index is 5.17. The molecule has 1 heterocycles. The zero-order valence-corrected chi connectivity index (χ0v) is 13.1. The third-order valence-electron chi connectivity index (χ3n) is 5.45. The highest BCUT2D eigenvalue weighted by Crippen LogP contribution is 2.36. The summed E-state index contributed by atoms with van der Waals surface area (Å²) < 4.78 is 5.17. The average Bonchev–Trinajstić information content (AvgIpc) is 2.88. The molecule has 3 nitrogen and oxygen atoms in total. The molecule has 0 aromatic rings. The Balaban J connectivity index is 1.93. The summed E-state index contributed by atoms with van der Waals surface area (Å²) in [5, 5.41) is 3.90. The van der Waals surface area contributed by atoms with Crippen molar-refractivity contribution in [2.75, 3.05) is 33.4 Å². The van der Waals surface area contributed by atoms with Gasteiger partial charge in [0.25, 0.3) is 0 Å². The molecule has 1 saturated heterocycles. The standard InChI is InChI=1S/C16H32N2O/c1-4-15(2)13-17-16(9-5-6-10-16)14-18(15)11-7-8-12-19-3/h17H,4-14H2,1-3H3. The van der Waals surface area contributed by atoms with Gasteiger partial charge in [-0.3, -0.25) is 4.90 Å². The normalized spacial score (nSPS) is 31.1. The monoisotopic (exact) mass is 268 g/mol. The Labute approximate surface area is 119 Å². The van der Waals surface area contributed by atoms with Gasteiger partial charge < -0.3 is 10.1 Å². The van der Waals surface area contributed by atoms with E-state index in [1.54, 1.807) is 7.11 Å². The van der Waals surface area contributed by atoms with E-state index in [4.69, 9.17) is 4.74 Å². The first kappa shape index (κ1) is 15.3. The van der Waals surface area contributed by atoms with Gasteiger partial charge in [-0.15, -0.1) is 0 Å². The molecule has 2 fully saturated rings. The number of rotatable bonds is 6. The molecule has 1 aliphatic heterocycles. The van der Waals surface area contributed by atoms with Crippen molar-refractivity contribution in [1.29, 1.82) is 0 Å². The summed E-state index contributed by atoms with van der Waals surface area (Å²) in [5.74, 6) is 0. The molecular formula is C16H32N2O. The number of nitrogens with zero attached hydrogens (tertiary/aromatic N) is 1. The van der Waals surface area contributed by atoms with Gasteiger partial charge in [0, 0.05) is 37.9 Å². The van der Waals surface area contributed by atoms with Crippen LogP contribution < -0.4 is 5.32 Å². The summed E-state index contributed by atoms with van der Waals surface area (Å²) in [6.07, 6.45) is 9.26. The van der Waals surface area contributed by atoms with Gasteiger partial charge in [-0.2, -0.15) is 0 Å². The molecule has 2 rings (SSSR count). The first-order chi connectivity index (χ1) is 9.14. The number of hydrogen-bond donors (Lipinski definition) is 1. The molecule has 1 saturated carbocycles. The molecule has 0 radical (unpaired) electrons. The number of hydrogen-bond acceptors (Lipinski definition) is 3. The van der Waals surface area contributed by atoms with Crippen molar-refractivity contribution in [3.8, 4) is 0 Å². The van der Waals surface area contributed by atoms with Gasteiger partial charge in [0.15, 0.2) is 0 Å². The van der Waals surface area contributed by atoms with E-state index in [1.807, 2.05) is 0 Å². The van der Waals surface area contributed by atoms with Crippen molar-refractivity contribution >= 4 is 0 Å². The molecule has 0 amide bonds. The highest BCUT2D eigenvalue weighted by atomic mass is 16.5. The highest BCUT2D eigenvalue weighted by Gasteiger charge is 2.44. The zero-order chi connectivity index (χ0) is 13.8. The molecule has 0 aromatic carbocycles. The lowest BCUT2D eigenvalue weighted by Gasteiger charge is -2.52. The summed E-state index contributed by atoms with van der Waals surface area (Å²) in [7, 11) is 1.80. The predicted octanol–water partition coefficient (Wildman–Crippen LogP) is 2.80. The Morgan fingerprint density at radius 1 is 1.21 bits per heavy atom. The van der Waals surface area contributed by atoms with Crippen LogP contribution in [0.25, 0.3) is 0 Å². The molecule has 1 aliphatic carbocycles. The van der Waals surface area contributed by atoms with Crippen molar-refractivity contribution in [2.45, 2.75) is 69.9 Å². The predicted molar refractivity (Wildman–Crippen MR) is 80.6 cm³/mol. The fourth-order valence-corrected chi connectivity index (χ4v) is 3.74. The molecule has 3 heteroatoms. The Bertz CT molecular complexity index is 276. The fraction of sp³-hybridized carbons (Fsp3) is 1.00. The van der Waals surface area contributed by atoms with E-state index in [-0.39, 0.29) is 0 Å². The fourth-order valence-electron chi connectivity index (χ4n) is 3.74. The van der Waals surface area contributed by atoms with E-state index in [1.165, 1.54) is 58.0 Å². The third-order valence-corrected chi connectivity index (χ3v) is 5.45. The molecule has 1 atom stereocenters. The van der Waals surface area contributed by atoms with E-state index in [0.717, 1.165) is 13.2 Å². The first-order valence-electron chi connectivity index (χ1n) is 8.13. The molecular weight excluding hydrogens is 236 g/mol. The summed E-state index contributed by atoms with van der Waals surface area (Å²) in [6, 6.07) is 0. The van der Waals surface area contributed by atoms with Gasteiger partial charge in [0.05, 0.1) is 0 Å². The Kier molecular flexibility index (Phi) is 5.27. The number of piperazine rings is 1. The van der Waals surface area contributed by atoms with Gasteiger partial charge in [-0.25, -0.2) is 0 Å². The SMILES string of the molecule is CCC1(C)CNC2(CCCC2)CN1CCCCOC. The van der Waals surface area contributed by atoms with Crippen molar-refractivity contribution in [3.05, 3.63) is 0 Å². The second kappa shape index (κ2) is 6.55. The lowest BCUT2D eigenvalue weighted by Crippen LogP contribution is -2.68. The second-order valence-electron chi connectivity index (χ2n) is 6.81. The van der Waals surface area contributed by atoms with Gasteiger partial charge in [-0.1, -0.05) is 19.8 Å². The molecule has 112 valence electrons. The molecule has 19 heavy (non-hydrogen) atoms. The van der Waals surface area contributed by atoms with Crippen LogP contribution >= 0.6 is 0 Å². The van der Waals surface area contributed by atoms with E-state index in [9.17, 15) is 0 Å². The Morgan fingerprint density at radius 2 is 1.95 bits per heavy atom. The second-order valence-corrected chi connectivity index (χ2v) is 6.81. The van der Waals surface area contributed by atoms with E-state index < -0.39 is 0 Å². The average molecular weight is 268 g/mol. The minimum absolute atomic E-state index is 0.348. The summed E-state index contributed by atoms with van der Waals surface area (Å²) in [6.45, 7) is 9.31. The highest BCUT2D eigenvalue weighted by molar-refractivity contribution is 5.05. The van der Waals surface area contributed by atoms with E-state index in [0.29, 0.717) is 11.1 Å². The minimum atomic E-state index is 0.348. The van der Waals surface area contributed by atoms with Gasteiger partial charge in [0.1, 0.15) is 0 Å². The number of unbranched alkanes of at least 4 members (excludes halogenated alkanes) is 1. The van der Waals surface area contributed by atoms with Crippen molar-refractivity contribution in [3.63, 3.8) is 0 Å². The van der Waals surface area contributed by atoms with Crippen LogP contribution in [-0.2, 0) is 4.74 Å². The molecule has 0 aromatic heterocycles. The number of methoxy groups -OCH3 is 1. The maximum atomic E-state index is 5.17. The Morgan fingerprint density at radius 3 is 2.58 bits per heavy atom. The molecule has 2 aliphatic rings. The van der Waals surface area contributed by atoms with Gasteiger partial charge >= 0.3 is 0 Å². The van der Waals surface area contributed by atoms with Crippen LogP contribution in [0.2, 0.25) is 0 Å². The van der Waals surface area contributed by atoms with Crippen LogP contribution in [0.5, 0.6) is 0 Å². The number of nitrogens with one attached hydrogen (secondary N) is 1. The van der Waals surface area contributed by atoms with Crippen molar-refractivity contribution in [2.24, 2.45) is 0 Å². The van der Waals surface area contributed by atoms with Crippen LogP contribution in [0.15, 0.2) is 0 Å². The van der Waals surface area contributed by atoms with Crippen LogP contribution in [0, 0.1) is 0 Å². The van der Waals surface area contributed by atoms with Crippen LogP contribution in [0.4, 0.5) is 0 Å². The van der Waals surface area contributed by atoms with Crippen LogP contribution in [0.1, 0.15) is 58.8 Å². The van der Waals surface area contributed by atoms with Crippen LogP contribution in [-0.4, -0.2) is 49.3 Å². The quantitative estimate of drug-likeness (QED) is 0.750. The van der Waals surface area contributed by atoms with Gasteiger partial charge in [-0.05, 0) is 45.6 Å². The largest absolute Gasteiger partial charge is 0.385 e. The molecule has 1 N–H and O–H groups in total. The van der Waals surface area contributed by atoms with Gasteiger partial charge in [0.2, 0.25) is 0 Å². The summed E-state index contributed by atoms with van der Waals surface area (Å²) in [4.78, 5) is 2.77. The van der Waals surface area contributed by atoms with E-state index in [2.05, 4.69) is 24.1 Å². The lowest BCUT2D eigenvalue weighted by molar-refractivity contribution is 0.0120. The molecule has 1 spiro atoms. The van der Waals surface area contributed by atoms with Crippen LogP contribution in [0.3, 0.4) is 0 Å². The Hall–Kier alpha value is -0.120. The third kappa shape index (κ3) is 3.50. The lowest BCUT2D eigenvalue weighted by atomic mass is 9.85. The summed E-state index contributed by atoms with van der Waals surface area (Å²) in [5.41, 5.74) is 0.789. The first-order valence-corrected chi connectivity index (χ1v) is 8.13. The van der Waals surface area contributed by atoms with Crippen molar-refractivity contribution in [1.82, 2.24) is 10.2 Å². The zero-order valence-electron chi connectivity index (χ0n) is 13.1. The smallest absolute Gasteiger partial charge is 0.0462 e. The number of ether oxygens (including phenoxy) is 1. The molecule has 0 bridgehead atoms. The summed E-state index contributed by atoms with van der Waals surface area (Å²) >= 11 is 0. The molecule has 1 unspecified atom stereocenters. The topological polar surface area (TPSA) is 24.5 Å².